The van der Waals surface area contributed by atoms with E-state index in [2.05, 4.69) is 10.0 Å². The molecule has 1 heterocycles. The smallest absolute Gasteiger partial charge is 0.251 e. The van der Waals surface area contributed by atoms with E-state index in [0.717, 1.165) is 17.7 Å². The minimum absolute atomic E-state index is 0.0876. The molecular formula is C18H18F2N2O4S. The highest BCUT2D eigenvalue weighted by atomic mass is 32.2. The molecule has 0 saturated heterocycles. The monoisotopic (exact) mass is 396 g/mol. The Kier molecular flexibility index (Phi) is 5.54. The molecule has 0 aliphatic carbocycles. The number of rotatable bonds is 6. The van der Waals surface area contributed by atoms with Crippen LogP contribution in [0.2, 0.25) is 0 Å². The van der Waals surface area contributed by atoms with Gasteiger partial charge in [-0.05, 0) is 41.8 Å². The molecule has 0 saturated carbocycles. The van der Waals surface area contributed by atoms with Gasteiger partial charge in [0, 0.05) is 19.2 Å². The number of halogens is 2. The molecule has 2 N–H and O–H groups in total. The van der Waals surface area contributed by atoms with Gasteiger partial charge in [0.05, 0.1) is 17.5 Å². The van der Waals surface area contributed by atoms with Crippen molar-refractivity contribution in [1.29, 1.82) is 0 Å². The number of carbonyl (C=O) groups is 1. The van der Waals surface area contributed by atoms with Crippen LogP contribution in [0.3, 0.4) is 0 Å². The zero-order valence-corrected chi connectivity index (χ0v) is 15.3. The Morgan fingerprint density at radius 1 is 1.19 bits per heavy atom. The molecule has 0 radical (unpaired) electrons. The largest absolute Gasteiger partial charge is 0.383 e. The zero-order valence-electron chi connectivity index (χ0n) is 14.5. The fraction of sp³-hybridized carbons (Fsp3) is 0.278. The van der Waals surface area contributed by atoms with E-state index in [-0.39, 0.29) is 23.0 Å². The summed E-state index contributed by atoms with van der Waals surface area (Å²) in [5.41, 5.74) is 1.29. The summed E-state index contributed by atoms with van der Waals surface area (Å²) in [6.45, 7) is 0.415. The number of amides is 1. The van der Waals surface area contributed by atoms with Gasteiger partial charge < -0.3 is 10.1 Å². The molecule has 0 fully saturated rings. The molecule has 2 aromatic rings. The third-order valence-corrected chi connectivity index (χ3v) is 5.76. The number of fused-ring (bicyclic) bond motifs is 1. The van der Waals surface area contributed by atoms with Gasteiger partial charge in [-0.25, -0.2) is 21.9 Å². The van der Waals surface area contributed by atoms with Crippen molar-refractivity contribution >= 4 is 15.9 Å². The van der Waals surface area contributed by atoms with Crippen molar-refractivity contribution in [2.24, 2.45) is 0 Å². The molecule has 1 amide bonds. The molecule has 1 aliphatic heterocycles. The second-order valence-electron chi connectivity index (χ2n) is 6.13. The van der Waals surface area contributed by atoms with Crippen molar-refractivity contribution in [1.82, 2.24) is 10.0 Å². The summed E-state index contributed by atoms with van der Waals surface area (Å²) in [5.74, 6) is -2.45. The average Bonchev–Trinajstić information content (AvgIpc) is 2.63. The number of ether oxygens (including phenoxy) is 1. The topological polar surface area (TPSA) is 84.5 Å². The van der Waals surface area contributed by atoms with Gasteiger partial charge in [-0.15, -0.1) is 0 Å². The molecule has 0 unspecified atom stereocenters. The van der Waals surface area contributed by atoms with Crippen LogP contribution < -0.4 is 10.0 Å². The van der Waals surface area contributed by atoms with Gasteiger partial charge in [0.15, 0.2) is 11.6 Å². The number of sulfonamides is 1. The Morgan fingerprint density at radius 2 is 1.96 bits per heavy atom. The lowest BCUT2D eigenvalue weighted by Crippen LogP contribution is -2.34. The minimum atomic E-state index is -4.04. The van der Waals surface area contributed by atoms with E-state index >= 15 is 0 Å². The van der Waals surface area contributed by atoms with Crippen molar-refractivity contribution in [2.75, 3.05) is 20.3 Å². The quantitative estimate of drug-likeness (QED) is 0.781. The summed E-state index contributed by atoms with van der Waals surface area (Å²) in [6, 6.07) is 6.51. The van der Waals surface area contributed by atoms with Gasteiger partial charge >= 0.3 is 0 Å². The second kappa shape index (κ2) is 7.71. The van der Waals surface area contributed by atoms with E-state index in [0.29, 0.717) is 18.5 Å². The van der Waals surface area contributed by atoms with Gasteiger partial charge in [0.25, 0.3) is 5.91 Å². The zero-order chi connectivity index (χ0) is 19.6. The number of benzene rings is 2. The van der Waals surface area contributed by atoms with E-state index in [4.69, 9.17) is 4.74 Å². The van der Waals surface area contributed by atoms with Gasteiger partial charge in [0.2, 0.25) is 10.0 Å². The van der Waals surface area contributed by atoms with Crippen molar-refractivity contribution in [2.45, 2.75) is 17.4 Å². The molecule has 9 heteroatoms. The van der Waals surface area contributed by atoms with Crippen molar-refractivity contribution in [3.63, 3.8) is 0 Å². The number of methoxy groups -OCH3 is 1. The first-order chi connectivity index (χ1) is 12.8. The fourth-order valence-electron chi connectivity index (χ4n) is 2.91. The molecule has 1 aliphatic rings. The third kappa shape index (κ3) is 4.15. The van der Waals surface area contributed by atoms with Crippen LogP contribution >= 0.6 is 0 Å². The Bertz CT molecular complexity index is 979. The molecule has 0 spiro atoms. The highest BCUT2D eigenvalue weighted by Gasteiger charge is 2.25. The maximum absolute atomic E-state index is 13.5. The number of nitrogens with one attached hydrogen (secondary N) is 2. The van der Waals surface area contributed by atoms with Gasteiger partial charge in [-0.3, -0.25) is 4.79 Å². The predicted octanol–water partition coefficient (Wildman–Crippen LogP) is 1.92. The van der Waals surface area contributed by atoms with Crippen molar-refractivity contribution in [3.05, 3.63) is 64.7 Å². The summed E-state index contributed by atoms with van der Waals surface area (Å²) in [6.07, 6.45) is 0.621. The Labute approximate surface area is 155 Å². The Hall–Kier alpha value is -2.36. The summed E-state index contributed by atoms with van der Waals surface area (Å²) in [7, 11) is -2.67. The lowest BCUT2D eigenvalue weighted by Gasteiger charge is -2.20. The lowest BCUT2D eigenvalue weighted by atomic mass is 10.0. The molecule has 144 valence electrons. The lowest BCUT2D eigenvalue weighted by molar-refractivity contribution is 0.0945. The van der Waals surface area contributed by atoms with Crippen LogP contribution in [0.15, 0.2) is 41.3 Å². The fourth-order valence-corrected chi connectivity index (χ4v) is 4.14. The minimum Gasteiger partial charge on any atom is -0.383 e. The Morgan fingerprint density at radius 3 is 2.67 bits per heavy atom. The van der Waals surface area contributed by atoms with Crippen LogP contribution in [0.5, 0.6) is 0 Å². The first-order valence-corrected chi connectivity index (χ1v) is 9.67. The van der Waals surface area contributed by atoms with Crippen LogP contribution in [0.25, 0.3) is 0 Å². The van der Waals surface area contributed by atoms with Crippen LogP contribution in [-0.4, -0.2) is 34.6 Å². The summed E-state index contributed by atoms with van der Waals surface area (Å²) >= 11 is 0. The summed E-state index contributed by atoms with van der Waals surface area (Å²) in [5, 5.41) is 2.66. The van der Waals surface area contributed by atoms with Gasteiger partial charge in [-0.2, -0.15) is 0 Å². The second-order valence-corrected chi connectivity index (χ2v) is 7.84. The summed E-state index contributed by atoms with van der Waals surface area (Å²) < 4.78 is 59.7. The number of hydrogen-bond acceptors (Lipinski definition) is 4. The maximum atomic E-state index is 13.5. The van der Waals surface area contributed by atoms with E-state index in [1.165, 1.54) is 25.3 Å². The molecule has 1 atom stereocenters. The highest BCUT2D eigenvalue weighted by molar-refractivity contribution is 7.89. The van der Waals surface area contributed by atoms with Crippen LogP contribution in [0.4, 0.5) is 8.78 Å². The predicted molar refractivity (Wildman–Crippen MR) is 93.8 cm³/mol. The number of hydrogen-bond donors (Lipinski definition) is 2. The third-order valence-electron chi connectivity index (χ3n) is 4.29. The molecule has 0 bridgehead atoms. The van der Waals surface area contributed by atoms with Crippen LogP contribution in [0.1, 0.15) is 27.5 Å². The first-order valence-electron chi connectivity index (χ1n) is 8.19. The normalized spacial score (nSPS) is 15.1. The SMILES string of the molecule is COC[C@H](NS(=O)(=O)c1ccc2c(c1)C(=O)NCC2)c1ccc(F)c(F)c1. The van der Waals surface area contributed by atoms with Crippen molar-refractivity contribution in [3.8, 4) is 0 Å². The molecule has 0 aromatic heterocycles. The van der Waals surface area contributed by atoms with E-state index < -0.39 is 27.7 Å². The average molecular weight is 396 g/mol. The van der Waals surface area contributed by atoms with E-state index in [1.54, 1.807) is 6.07 Å². The van der Waals surface area contributed by atoms with E-state index in [1.807, 2.05) is 0 Å². The molecular weight excluding hydrogens is 378 g/mol. The molecule has 27 heavy (non-hydrogen) atoms. The van der Waals surface area contributed by atoms with Gasteiger partial charge in [-0.1, -0.05) is 12.1 Å². The molecule has 6 nitrogen and oxygen atoms in total. The van der Waals surface area contributed by atoms with E-state index in [9.17, 15) is 22.0 Å². The molecule has 3 rings (SSSR count). The first kappa shape index (κ1) is 19.4. The van der Waals surface area contributed by atoms with Crippen LogP contribution in [0, 0.1) is 11.6 Å². The van der Waals surface area contributed by atoms with Crippen molar-refractivity contribution < 1.29 is 26.7 Å². The maximum Gasteiger partial charge on any atom is 0.251 e. The highest BCUT2D eigenvalue weighted by Crippen LogP contribution is 2.23. The molecule has 2 aromatic carbocycles. The van der Waals surface area contributed by atoms with Gasteiger partial charge in [0.1, 0.15) is 0 Å². The number of carbonyl (C=O) groups excluding carboxylic acids is 1. The Balaban J connectivity index is 1.92. The summed E-state index contributed by atoms with van der Waals surface area (Å²) in [4.78, 5) is 11.9. The standard InChI is InChI=1S/C18H18F2N2O4S/c1-26-10-17(12-3-5-15(19)16(20)8-12)22-27(24,25)13-4-2-11-6-7-21-18(23)14(11)9-13/h2-5,8-9,17,22H,6-7,10H2,1H3,(H,21,23)/t17-/m0/s1. The van der Waals surface area contributed by atoms with Crippen LogP contribution in [-0.2, 0) is 21.2 Å².